The Labute approximate surface area is 194 Å². The van der Waals surface area contributed by atoms with E-state index in [0.717, 1.165) is 5.69 Å². The van der Waals surface area contributed by atoms with E-state index in [0.29, 0.717) is 38.0 Å². The molecule has 2 aromatic rings. The Kier molecular flexibility index (Phi) is 6.76. The number of alkyl halides is 3. The van der Waals surface area contributed by atoms with Crippen LogP contribution in [0.5, 0.6) is 0 Å². The Bertz CT molecular complexity index is 1100. The van der Waals surface area contributed by atoms with Crippen LogP contribution < -0.4 is 10.2 Å². The fourth-order valence-corrected chi connectivity index (χ4v) is 4.09. The second-order valence-corrected chi connectivity index (χ2v) is 8.17. The SMILES string of the molecule is COC(=O)C1CCN(c2ccc(NC(=O)c3nc(C4C=CC=CC4)oc3C(F)(F)F)cc2)CC1. The summed E-state index contributed by atoms with van der Waals surface area (Å²) in [6.07, 6.45) is 3.88. The summed E-state index contributed by atoms with van der Waals surface area (Å²) in [5.74, 6) is -3.34. The van der Waals surface area contributed by atoms with Gasteiger partial charge in [-0.2, -0.15) is 13.2 Å². The number of oxazole rings is 1. The largest absolute Gasteiger partial charge is 0.469 e. The van der Waals surface area contributed by atoms with E-state index in [2.05, 4.69) is 15.2 Å². The van der Waals surface area contributed by atoms with Gasteiger partial charge in [-0.25, -0.2) is 4.98 Å². The fraction of sp³-hybridized carbons (Fsp3) is 0.375. The molecule has 0 radical (unpaired) electrons. The molecule has 1 saturated heterocycles. The number of nitrogens with one attached hydrogen (secondary N) is 1. The third-order valence-corrected chi connectivity index (χ3v) is 5.93. The average Bonchev–Trinajstić information content (AvgIpc) is 3.31. The number of hydrogen-bond donors (Lipinski definition) is 1. The van der Waals surface area contributed by atoms with Crippen LogP contribution in [0.25, 0.3) is 0 Å². The number of nitrogens with zero attached hydrogens (tertiary/aromatic N) is 2. The molecule has 0 bridgehead atoms. The quantitative estimate of drug-likeness (QED) is 0.617. The van der Waals surface area contributed by atoms with E-state index in [1.165, 1.54) is 7.11 Å². The van der Waals surface area contributed by atoms with Gasteiger partial charge in [-0.3, -0.25) is 9.59 Å². The number of carbonyl (C=O) groups excluding carboxylic acids is 2. The molecule has 1 amide bonds. The van der Waals surface area contributed by atoms with Crippen molar-refractivity contribution in [2.24, 2.45) is 5.92 Å². The highest BCUT2D eigenvalue weighted by Crippen LogP contribution is 2.36. The van der Waals surface area contributed by atoms with Gasteiger partial charge in [0.15, 0.2) is 5.69 Å². The number of amides is 1. The van der Waals surface area contributed by atoms with Gasteiger partial charge in [0.2, 0.25) is 11.7 Å². The fourth-order valence-electron chi connectivity index (χ4n) is 4.09. The monoisotopic (exact) mass is 475 g/mol. The molecule has 0 saturated carbocycles. The molecule has 1 unspecified atom stereocenters. The van der Waals surface area contributed by atoms with Gasteiger partial charge in [-0.05, 0) is 43.5 Å². The minimum absolute atomic E-state index is 0.116. The molecule has 1 aromatic heterocycles. The van der Waals surface area contributed by atoms with Gasteiger partial charge in [0.1, 0.15) is 0 Å². The molecule has 1 fully saturated rings. The van der Waals surface area contributed by atoms with Crippen LogP contribution in [-0.4, -0.2) is 37.1 Å². The molecule has 4 rings (SSSR count). The third-order valence-electron chi connectivity index (χ3n) is 5.93. The molecule has 2 heterocycles. The number of piperidine rings is 1. The smallest absolute Gasteiger partial charge is 0.452 e. The van der Waals surface area contributed by atoms with Crippen LogP contribution in [0, 0.1) is 5.92 Å². The summed E-state index contributed by atoms with van der Waals surface area (Å²) in [6, 6.07) is 6.77. The molecule has 1 N–H and O–H groups in total. The zero-order chi connectivity index (χ0) is 24.3. The normalized spacial score (nSPS) is 18.7. The second-order valence-electron chi connectivity index (χ2n) is 8.17. The Hall–Kier alpha value is -3.56. The van der Waals surface area contributed by atoms with E-state index in [-0.39, 0.29) is 17.8 Å². The highest BCUT2D eigenvalue weighted by atomic mass is 19.4. The number of aromatic nitrogens is 1. The third kappa shape index (κ3) is 5.16. The van der Waals surface area contributed by atoms with Crippen LogP contribution in [0.15, 0.2) is 53.0 Å². The van der Waals surface area contributed by atoms with Crippen LogP contribution in [0.2, 0.25) is 0 Å². The summed E-state index contributed by atoms with van der Waals surface area (Å²) in [6.45, 7) is 1.35. The summed E-state index contributed by atoms with van der Waals surface area (Å²) in [5, 5.41) is 2.47. The van der Waals surface area contributed by atoms with Crippen molar-refractivity contribution >= 4 is 23.3 Å². The lowest BCUT2D eigenvalue weighted by molar-refractivity contribution is -0.153. The number of allylic oxidation sites excluding steroid dienone is 4. The number of ether oxygens (including phenoxy) is 1. The lowest BCUT2D eigenvalue weighted by Crippen LogP contribution is -2.36. The topological polar surface area (TPSA) is 84.7 Å². The van der Waals surface area contributed by atoms with Gasteiger partial charge in [-0.1, -0.05) is 24.3 Å². The van der Waals surface area contributed by atoms with Crippen molar-refractivity contribution in [3.05, 3.63) is 65.9 Å². The van der Waals surface area contributed by atoms with Crippen LogP contribution in [0.3, 0.4) is 0 Å². The predicted molar refractivity (Wildman–Crippen MR) is 118 cm³/mol. The van der Waals surface area contributed by atoms with Gasteiger partial charge in [-0.15, -0.1) is 0 Å². The first-order valence-corrected chi connectivity index (χ1v) is 10.9. The van der Waals surface area contributed by atoms with E-state index in [1.54, 1.807) is 48.6 Å². The molecule has 1 aliphatic carbocycles. The number of rotatable bonds is 5. The Morgan fingerprint density at radius 3 is 2.44 bits per heavy atom. The second kappa shape index (κ2) is 9.74. The number of anilines is 2. The van der Waals surface area contributed by atoms with Crippen LogP contribution in [0.1, 0.15) is 47.3 Å². The lowest BCUT2D eigenvalue weighted by atomic mass is 9.96. The van der Waals surface area contributed by atoms with E-state index < -0.39 is 29.5 Å². The van der Waals surface area contributed by atoms with Crippen LogP contribution in [-0.2, 0) is 15.7 Å². The molecule has 1 aliphatic heterocycles. The van der Waals surface area contributed by atoms with E-state index in [9.17, 15) is 22.8 Å². The zero-order valence-corrected chi connectivity index (χ0v) is 18.5. The number of hydrogen-bond acceptors (Lipinski definition) is 6. The Morgan fingerprint density at radius 2 is 1.85 bits per heavy atom. The highest BCUT2D eigenvalue weighted by Gasteiger charge is 2.42. The van der Waals surface area contributed by atoms with Crippen molar-refractivity contribution in [2.45, 2.75) is 31.4 Å². The molecule has 10 heteroatoms. The molecule has 34 heavy (non-hydrogen) atoms. The number of esters is 1. The average molecular weight is 475 g/mol. The summed E-state index contributed by atoms with van der Waals surface area (Å²) in [7, 11) is 1.38. The summed E-state index contributed by atoms with van der Waals surface area (Å²) < 4.78 is 50.3. The first-order chi connectivity index (χ1) is 16.3. The maximum absolute atomic E-state index is 13.5. The Balaban J connectivity index is 1.45. The van der Waals surface area contributed by atoms with Gasteiger partial charge in [0, 0.05) is 24.5 Å². The standard InChI is InChI=1S/C24H24F3N3O4/c1-33-23(32)16-11-13-30(14-12-16)18-9-7-17(8-10-18)28-21(31)19-20(24(25,26)27)34-22(29-19)15-5-3-2-4-6-15/h2-5,7-10,15-16H,6,11-14H2,1H3,(H,28,31). The van der Waals surface area contributed by atoms with E-state index >= 15 is 0 Å². The number of carbonyl (C=O) groups is 2. The van der Waals surface area contributed by atoms with Crippen molar-refractivity contribution in [2.75, 3.05) is 30.4 Å². The van der Waals surface area contributed by atoms with E-state index in [4.69, 9.17) is 9.15 Å². The minimum Gasteiger partial charge on any atom is -0.469 e. The van der Waals surface area contributed by atoms with E-state index in [1.807, 2.05) is 0 Å². The lowest BCUT2D eigenvalue weighted by Gasteiger charge is -2.32. The maximum atomic E-state index is 13.5. The predicted octanol–water partition coefficient (Wildman–Crippen LogP) is 4.93. The van der Waals surface area contributed by atoms with Gasteiger partial charge < -0.3 is 19.4 Å². The molecule has 2 aliphatic rings. The van der Waals surface area contributed by atoms with Crippen LogP contribution >= 0.6 is 0 Å². The first kappa shape index (κ1) is 23.6. The van der Waals surface area contributed by atoms with Crippen molar-refractivity contribution < 1.29 is 31.9 Å². The van der Waals surface area contributed by atoms with Crippen molar-refractivity contribution in [1.82, 2.24) is 4.98 Å². The first-order valence-electron chi connectivity index (χ1n) is 10.9. The van der Waals surface area contributed by atoms with Gasteiger partial charge >= 0.3 is 12.1 Å². The zero-order valence-electron chi connectivity index (χ0n) is 18.5. The molecule has 180 valence electrons. The maximum Gasteiger partial charge on any atom is 0.452 e. The molecular weight excluding hydrogens is 451 g/mol. The van der Waals surface area contributed by atoms with Crippen molar-refractivity contribution in [3.8, 4) is 0 Å². The van der Waals surface area contributed by atoms with Crippen LogP contribution in [0.4, 0.5) is 24.5 Å². The summed E-state index contributed by atoms with van der Waals surface area (Å²) in [5.41, 5.74) is 0.425. The number of methoxy groups -OCH3 is 1. The molecule has 1 aromatic carbocycles. The van der Waals surface area contributed by atoms with Gasteiger partial charge in [0.25, 0.3) is 5.91 Å². The minimum atomic E-state index is -4.85. The Morgan fingerprint density at radius 1 is 1.15 bits per heavy atom. The molecule has 1 atom stereocenters. The van der Waals surface area contributed by atoms with Crippen molar-refractivity contribution in [3.63, 3.8) is 0 Å². The molecule has 7 nitrogen and oxygen atoms in total. The molecular formula is C24H24F3N3O4. The van der Waals surface area contributed by atoms with Crippen molar-refractivity contribution in [1.29, 1.82) is 0 Å². The summed E-state index contributed by atoms with van der Waals surface area (Å²) >= 11 is 0. The molecule has 0 spiro atoms. The number of benzene rings is 1. The number of halogens is 3. The summed E-state index contributed by atoms with van der Waals surface area (Å²) in [4.78, 5) is 30.3. The highest BCUT2D eigenvalue weighted by molar-refractivity contribution is 6.03. The van der Waals surface area contributed by atoms with Gasteiger partial charge in [0.05, 0.1) is 18.9 Å².